The Balaban J connectivity index is 2.96. The van der Waals surface area contributed by atoms with E-state index in [1.165, 1.54) is 11.1 Å². The van der Waals surface area contributed by atoms with Crippen molar-refractivity contribution in [1.29, 1.82) is 0 Å². The van der Waals surface area contributed by atoms with Gasteiger partial charge in [-0.3, -0.25) is 0 Å². The van der Waals surface area contributed by atoms with Crippen molar-refractivity contribution in [2.24, 2.45) is 0 Å². The van der Waals surface area contributed by atoms with Crippen molar-refractivity contribution in [3.05, 3.63) is 35.4 Å². The second-order valence-corrected chi connectivity index (χ2v) is 3.82. The molecule has 0 spiro atoms. The first kappa shape index (κ1) is 9.31. The summed E-state index contributed by atoms with van der Waals surface area (Å²) in [5, 5.41) is 0. The van der Waals surface area contributed by atoms with Crippen molar-refractivity contribution in [2.75, 3.05) is 0 Å². The number of hydrogen-bond acceptors (Lipinski definition) is 0. The molecule has 0 nitrogen and oxygen atoms in total. The molecule has 1 rings (SSSR count). The summed E-state index contributed by atoms with van der Waals surface area (Å²) in [7, 11) is 0. The maximum atomic E-state index is 3.14. The van der Waals surface area contributed by atoms with Gasteiger partial charge in [-0.15, -0.1) is 0 Å². The van der Waals surface area contributed by atoms with E-state index in [9.17, 15) is 0 Å². The molecule has 12 heavy (non-hydrogen) atoms. The van der Waals surface area contributed by atoms with Crippen LogP contribution in [0.25, 0.3) is 0 Å². The summed E-state index contributed by atoms with van der Waals surface area (Å²) in [6.07, 6.45) is 0. The van der Waals surface area contributed by atoms with Gasteiger partial charge in [-0.05, 0) is 35.1 Å². The van der Waals surface area contributed by atoms with E-state index >= 15 is 0 Å². The molecule has 0 N–H and O–H groups in total. The van der Waals surface area contributed by atoms with Crippen molar-refractivity contribution in [3.8, 4) is 0 Å². The van der Waals surface area contributed by atoms with E-state index in [1.54, 1.807) is 0 Å². The van der Waals surface area contributed by atoms with E-state index in [0.717, 1.165) is 0 Å². The molecule has 1 aromatic rings. The normalized spacial score (nSPS) is 11.2. The summed E-state index contributed by atoms with van der Waals surface area (Å²) < 4.78 is 0. The lowest BCUT2D eigenvalue weighted by molar-refractivity contribution is 0.832. The Hall–Kier alpha value is -0.780. The highest BCUT2D eigenvalue weighted by atomic mass is 14.1. The van der Waals surface area contributed by atoms with Crippen LogP contribution in [-0.4, -0.2) is 0 Å². The molecule has 0 heterocycles. The number of benzene rings is 1. The van der Waals surface area contributed by atoms with Gasteiger partial charge in [-0.2, -0.15) is 0 Å². The number of rotatable bonds is 2. The van der Waals surface area contributed by atoms with E-state index in [0.29, 0.717) is 11.8 Å². The topological polar surface area (TPSA) is 0 Å². The fraction of sp³-hybridized carbons (Fsp3) is 0.500. The third kappa shape index (κ3) is 2.10. The van der Waals surface area contributed by atoms with Gasteiger partial charge in [0.15, 0.2) is 0 Å². The van der Waals surface area contributed by atoms with Gasteiger partial charge in [0.1, 0.15) is 0 Å². The fourth-order valence-corrected chi connectivity index (χ4v) is 1.10. The van der Waals surface area contributed by atoms with Crippen LogP contribution in [0.3, 0.4) is 0 Å². The molecule has 0 unspecified atom stereocenters. The van der Waals surface area contributed by atoms with Crippen LogP contribution >= 0.6 is 0 Å². The zero-order chi connectivity index (χ0) is 9.14. The first-order chi connectivity index (χ1) is 5.61. The van der Waals surface area contributed by atoms with Crippen molar-refractivity contribution in [2.45, 2.75) is 39.5 Å². The van der Waals surface area contributed by atoms with Crippen LogP contribution < -0.4 is 0 Å². The van der Waals surface area contributed by atoms with E-state index in [4.69, 9.17) is 0 Å². The summed E-state index contributed by atoms with van der Waals surface area (Å²) in [5.41, 5.74) is 2.62. The largest absolute Gasteiger partial charge is 0.0587 e. The molecule has 0 heteroatoms. The van der Waals surface area contributed by atoms with Crippen LogP contribution in [-0.2, 0) is 0 Å². The van der Waals surface area contributed by atoms with Gasteiger partial charge < -0.3 is 0 Å². The van der Waals surface area contributed by atoms with Crippen molar-refractivity contribution in [3.63, 3.8) is 0 Å². The molecule has 0 aliphatic heterocycles. The maximum Gasteiger partial charge on any atom is -0.00611 e. The van der Waals surface area contributed by atoms with Crippen LogP contribution in [0.15, 0.2) is 12.1 Å². The highest BCUT2D eigenvalue weighted by molar-refractivity contribution is 5.25. The molecule has 0 aliphatic rings. The van der Waals surface area contributed by atoms with Gasteiger partial charge in [0.2, 0.25) is 0 Å². The van der Waals surface area contributed by atoms with E-state index in [1.807, 2.05) is 6.07 Å². The predicted octanol–water partition coefficient (Wildman–Crippen LogP) is 3.53. The van der Waals surface area contributed by atoms with Crippen LogP contribution in [0, 0.1) is 12.1 Å². The molecule has 0 aromatic heterocycles. The molecule has 0 saturated carbocycles. The molecule has 1 aromatic carbocycles. The van der Waals surface area contributed by atoms with E-state index in [-0.39, 0.29) is 0 Å². The molecule has 2 radical (unpaired) electrons. The van der Waals surface area contributed by atoms with Gasteiger partial charge in [0.05, 0.1) is 0 Å². The molecule has 64 valence electrons. The minimum absolute atomic E-state index is 0.556. The Kier molecular flexibility index (Phi) is 2.91. The summed E-state index contributed by atoms with van der Waals surface area (Å²) in [6.45, 7) is 8.77. The summed E-state index contributed by atoms with van der Waals surface area (Å²) in [5.74, 6) is 1.15. The third-order valence-corrected chi connectivity index (χ3v) is 2.07. The fourth-order valence-electron chi connectivity index (χ4n) is 1.10. The van der Waals surface area contributed by atoms with Crippen molar-refractivity contribution >= 4 is 0 Å². The predicted molar refractivity (Wildman–Crippen MR) is 52.3 cm³/mol. The van der Waals surface area contributed by atoms with Gasteiger partial charge >= 0.3 is 0 Å². The van der Waals surface area contributed by atoms with Crippen LogP contribution in [0.1, 0.15) is 50.7 Å². The Morgan fingerprint density at radius 1 is 1.08 bits per heavy atom. The summed E-state index contributed by atoms with van der Waals surface area (Å²) in [6, 6.07) is 10.5. The lowest BCUT2D eigenvalue weighted by Gasteiger charge is -2.09. The first-order valence-electron chi connectivity index (χ1n) is 4.54. The molecular weight excluding hydrogens is 144 g/mol. The van der Waals surface area contributed by atoms with Gasteiger partial charge in [0, 0.05) is 0 Å². The van der Waals surface area contributed by atoms with Gasteiger partial charge in [0.25, 0.3) is 0 Å². The average Bonchev–Trinajstić information content (AvgIpc) is 2.04. The Labute approximate surface area is 75.6 Å². The number of hydrogen-bond donors (Lipinski definition) is 0. The van der Waals surface area contributed by atoms with Crippen LogP contribution in [0.4, 0.5) is 0 Å². The van der Waals surface area contributed by atoms with Crippen molar-refractivity contribution < 1.29 is 0 Å². The Morgan fingerprint density at radius 3 is 2.25 bits per heavy atom. The van der Waals surface area contributed by atoms with E-state index < -0.39 is 0 Å². The maximum absolute atomic E-state index is 3.14. The lowest BCUT2D eigenvalue weighted by Crippen LogP contribution is -1.92. The minimum atomic E-state index is 0.556. The summed E-state index contributed by atoms with van der Waals surface area (Å²) >= 11 is 0. The lowest BCUT2D eigenvalue weighted by atomic mass is 9.96. The summed E-state index contributed by atoms with van der Waals surface area (Å²) in [4.78, 5) is 0. The third-order valence-electron chi connectivity index (χ3n) is 2.07. The standard InChI is InChI=1S/C12H16/c1-9(2)11-6-5-7-12(8-11)10(3)4/h6,8-10H,1-4H3. The monoisotopic (exact) mass is 160 g/mol. The van der Waals surface area contributed by atoms with Crippen LogP contribution in [0.2, 0.25) is 0 Å². The van der Waals surface area contributed by atoms with Crippen LogP contribution in [0.5, 0.6) is 0 Å². The zero-order valence-electron chi connectivity index (χ0n) is 8.31. The molecule has 0 bridgehead atoms. The molecule has 0 saturated heterocycles. The quantitative estimate of drug-likeness (QED) is 0.620. The van der Waals surface area contributed by atoms with Crippen molar-refractivity contribution in [1.82, 2.24) is 0 Å². The minimum Gasteiger partial charge on any atom is -0.0587 e. The average molecular weight is 160 g/mol. The molecular formula is C12H16. The molecule has 0 amide bonds. The highest BCUT2D eigenvalue weighted by Gasteiger charge is 2.02. The van der Waals surface area contributed by atoms with E-state index in [2.05, 4.69) is 45.9 Å². The second kappa shape index (κ2) is 3.75. The highest BCUT2D eigenvalue weighted by Crippen LogP contribution is 2.19. The zero-order valence-corrected chi connectivity index (χ0v) is 8.31. The SMILES string of the molecule is CC(C)c1[c][c]cc(C(C)C)c1. The molecule has 0 fully saturated rings. The second-order valence-electron chi connectivity index (χ2n) is 3.82. The Morgan fingerprint density at radius 2 is 1.75 bits per heavy atom. The smallest absolute Gasteiger partial charge is 0.00611 e. The first-order valence-corrected chi connectivity index (χ1v) is 4.54. The Bertz CT molecular complexity index is 223. The molecule has 0 atom stereocenters. The van der Waals surface area contributed by atoms with Gasteiger partial charge in [-0.1, -0.05) is 39.8 Å². The molecule has 0 aliphatic carbocycles. The van der Waals surface area contributed by atoms with Gasteiger partial charge in [-0.25, -0.2) is 0 Å².